The van der Waals surface area contributed by atoms with Crippen LogP contribution in [0.2, 0.25) is 0 Å². The molecule has 0 amide bonds. The summed E-state index contributed by atoms with van der Waals surface area (Å²) in [4.78, 5) is 3.41. The van der Waals surface area contributed by atoms with Crippen LogP contribution in [0.25, 0.3) is 10.9 Å². The Bertz CT molecular complexity index is 531. The fraction of sp³-hybridized carbons (Fsp3) is 0.467. The standard InChI is InChI=1S/C15H22N2O/c1-5-10(2)18-12-6-7-15-13(8-12)14(9-16-4)11(3)17-15/h6-8,10,16-17H,5,9H2,1-4H3. The van der Waals surface area contributed by atoms with E-state index >= 15 is 0 Å². The lowest BCUT2D eigenvalue weighted by Gasteiger charge is -2.12. The van der Waals surface area contributed by atoms with Crippen LogP contribution in [-0.4, -0.2) is 18.1 Å². The van der Waals surface area contributed by atoms with Crippen LogP contribution < -0.4 is 10.1 Å². The van der Waals surface area contributed by atoms with E-state index in [2.05, 4.69) is 43.2 Å². The normalized spacial score (nSPS) is 12.9. The van der Waals surface area contributed by atoms with Crippen molar-refractivity contribution in [2.75, 3.05) is 7.05 Å². The third-order valence-electron chi connectivity index (χ3n) is 3.36. The molecule has 0 fully saturated rings. The largest absolute Gasteiger partial charge is 0.491 e. The Labute approximate surface area is 109 Å². The highest BCUT2D eigenvalue weighted by molar-refractivity contribution is 5.86. The van der Waals surface area contributed by atoms with Crippen LogP contribution in [0.15, 0.2) is 18.2 Å². The molecule has 0 bridgehead atoms. The lowest BCUT2D eigenvalue weighted by atomic mass is 10.1. The van der Waals surface area contributed by atoms with Crippen LogP contribution >= 0.6 is 0 Å². The summed E-state index contributed by atoms with van der Waals surface area (Å²) in [6, 6.07) is 6.27. The minimum Gasteiger partial charge on any atom is -0.491 e. The topological polar surface area (TPSA) is 37.0 Å². The van der Waals surface area contributed by atoms with E-state index in [0.29, 0.717) is 0 Å². The van der Waals surface area contributed by atoms with Gasteiger partial charge in [-0.05, 0) is 51.1 Å². The third-order valence-corrected chi connectivity index (χ3v) is 3.36. The van der Waals surface area contributed by atoms with Crippen molar-refractivity contribution < 1.29 is 4.74 Å². The Balaban J connectivity index is 2.39. The summed E-state index contributed by atoms with van der Waals surface area (Å²) in [5.41, 5.74) is 3.72. The van der Waals surface area contributed by atoms with Crippen molar-refractivity contribution in [3.63, 3.8) is 0 Å². The summed E-state index contributed by atoms with van der Waals surface area (Å²) in [5, 5.41) is 4.47. The van der Waals surface area contributed by atoms with Crippen LogP contribution in [-0.2, 0) is 6.54 Å². The number of H-pyrrole nitrogens is 1. The molecule has 1 atom stereocenters. The zero-order chi connectivity index (χ0) is 13.1. The molecule has 3 heteroatoms. The number of fused-ring (bicyclic) bond motifs is 1. The summed E-state index contributed by atoms with van der Waals surface area (Å²) in [6.45, 7) is 7.22. The Morgan fingerprint density at radius 2 is 2.17 bits per heavy atom. The lowest BCUT2D eigenvalue weighted by molar-refractivity contribution is 0.218. The number of benzene rings is 1. The second-order valence-corrected chi connectivity index (χ2v) is 4.80. The number of hydrogen-bond acceptors (Lipinski definition) is 2. The van der Waals surface area contributed by atoms with E-state index < -0.39 is 0 Å². The van der Waals surface area contributed by atoms with E-state index in [1.165, 1.54) is 22.2 Å². The molecule has 1 heterocycles. The second kappa shape index (κ2) is 5.44. The SMILES string of the molecule is CCC(C)Oc1ccc2[nH]c(C)c(CNC)c2c1. The Morgan fingerprint density at radius 1 is 1.39 bits per heavy atom. The van der Waals surface area contributed by atoms with Crippen molar-refractivity contribution in [3.8, 4) is 5.75 Å². The first-order chi connectivity index (χ1) is 8.65. The van der Waals surface area contributed by atoms with Crippen LogP contribution in [0.3, 0.4) is 0 Å². The maximum atomic E-state index is 5.88. The van der Waals surface area contributed by atoms with Gasteiger partial charge in [-0.3, -0.25) is 0 Å². The Morgan fingerprint density at radius 3 is 2.83 bits per heavy atom. The van der Waals surface area contributed by atoms with E-state index in [9.17, 15) is 0 Å². The summed E-state index contributed by atoms with van der Waals surface area (Å²) < 4.78 is 5.88. The van der Waals surface area contributed by atoms with Gasteiger partial charge in [-0.2, -0.15) is 0 Å². The van der Waals surface area contributed by atoms with Crippen molar-refractivity contribution in [2.45, 2.75) is 39.8 Å². The average Bonchev–Trinajstić information content (AvgIpc) is 2.66. The lowest BCUT2D eigenvalue weighted by Crippen LogP contribution is -2.09. The van der Waals surface area contributed by atoms with Gasteiger partial charge >= 0.3 is 0 Å². The molecule has 0 saturated heterocycles. The monoisotopic (exact) mass is 246 g/mol. The number of nitrogens with one attached hydrogen (secondary N) is 2. The minimum atomic E-state index is 0.259. The van der Waals surface area contributed by atoms with E-state index in [0.717, 1.165) is 18.7 Å². The molecule has 0 aliphatic rings. The van der Waals surface area contributed by atoms with Gasteiger partial charge in [-0.15, -0.1) is 0 Å². The molecule has 18 heavy (non-hydrogen) atoms. The van der Waals surface area contributed by atoms with Crippen LogP contribution in [0.1, 0.15) is 31.5 Å². The summed E-state index contributed by atoms with van der Waals surface area (Å²) in [7, 11) is 1.97. The first-order valence-corrected chi connectivity index (χ1v) is 6.58. The quantitative estimate of drug-likeness (QED) is 0.848. The van der Waals surface area contributed by atoms with E-state index in [4.69, 9.17) is 4.74 Å². The third kappa shape index (κ3) is 2.51. The first-order valence-electron chi connectivity index (χ1n) is 6.58. The molecular formula is C15H22N2O. The molecule has 1 unspecified atom stereocenters. The molecule has 98 valence electrons. The van der Waals surface area contributed by atoms with E-state index in [1.807, 2.05) is 13.1 Å². The molecule has 1 aromatic heterocycles. The fourth-order valence-electron chi connectivity index (χ4n) is 2.16. The van der Waals surface area contributed by atoms with Gasteiger partial charge in [-0.1, -0.05) is 6.92 Å². The van der Waals surface area contributed by atoms with Gasteiger partial charge in [0.15, 0.2) is 0 Å². The Hall–Kier alpha value is -1.48. The fourth-order valence-corrected chi connectivity index (χ4v) is 2.16. The predicted octanol–water partition coefficient (Wildman–Crippen LogP) is 3.37. The number of aromatic amines is 1. The number of aromatic nitrogens is 1. The number of hydrogen-bond donors (Lipinski definition) is 2. The van der Waals surface area contributed by atoms with Crippen molar-refractivity contribution in [1.82, 2.24) is 10.3 Å². The zero-order valence-electron chi connectivity index (χ0n) is 11.6. The van der Waals surface area contributed by atoms with Gasteiger partial charge in [0, 0.05) is 23.1 Å². The molecule has 0 saturated carbocycles. The smallest absolute Gasteiger partial charge is 0.120 e. The Kier molecular flexibility index (Phi) is 3.92. The van der Waals surface area contributed by atoms with Crippen molar-refractivity contribution >= 4 is 10.9 Å². The molecule has 0 aliphatic heterocycles. The summed E-state index contributed by atoms with van der Waals surface area (Å²) >= 11 is 0. The number of aryl methyl sites for hydroxylation is 1. The van der Waals surface area contributed by atoms with E-state index in [-0.39, 0.29) is 6.10 Å². The number of rotatable bonds is 5. The molecule has 0 aliphatic carbocycles. The van der Waals surface area contributed by atoms with Gasteiger partial charge in [0.1, 0.15) is 5.75 Å². The van der Waals surface area contributed by atoms with Gasteiger partial charge < -0.3 is 15.0 Å². The summed E-state index contributed by atoms with van der Waals surface area (Å²) in [5.74, 6) is 0.952. The van der Waals surface area contributed by atoms with Gasteiger partial charge in [-0.25, -0.2) is 0 Å². The molecule has 0 spiro atoms. The second-order valence-electron chi connectivity index (χ2n) is 4.80. The van der Waals surface area contributed by atoms with Gasteiger partial charge in [0.25, 0.3) is 0 Å². The molecular weight excluding hydrogens is 224 g/mol. The van der Waals surface area contributed by atoms with Crippen molar-refractivity contribution in [2.24, 2.45) is 0 Å². The van der Waals surface area contributed by atoms with E-state index in [1.54, 1.807) is 0 Å². The average molecular weight is 246 g/mol. The molecule has 2 N–H and O–H groups in total. The molecule has 3 nitrogen and oxygen atoms in total. The maximum Gasteiger partial charge on any atom is 0.120 e. The van der Waals surface area contributed by atoms with Crippen LogP contribution in [0.4, 0.5) is 0 Å². The predicted molar refractivity (Wildman–Crippen MR) is 76.2 cm³/mol. The van der Waals surface area contributed by atoms with Gasteiger partial charge in [0.05, 0.1) is 6.10 Å². The molecule has 0 radical (unpaired) electrons. The summed E-state index contributed by atoms with van der Waals surface area (Å²) in [6.07, 6.45) is 1.28. The highest BCUT2D eigenvalue weighted by atomic mass is 16.5. The van der Waals surface area contributed by atoms with Crippen molar-refractivity contribution in [1.29, 1.82) is 0 Å². The molecule has 1 aromatic carbocycles. The van der Waals surface area contributed by atoms with Crippen molar-refractivity contribution in [3.05, 3.63) is 29.5 Å². The zero-order valence-corrected chi connectivity index (χ0v) is 11.6. The van der Waals surface area contributed by atoms with Crippen LogP contribution in [0.5, 0.6) is 5.75 Å². The molecule has 2 aromatic rings. The molecule has 2 rings (SSSR count). The maximum absolute atomic E-state index is 5.88. The van der Waals surface area contributed by atoms with Crippen LogP contribution in [0, 0.1) is 6.92 Å². The first kappa shape index (κ1) is 13.0. The highest BCUT2D eigenvalue weighted by Crippen LogP contribution is 2.27. The number of ether oxygens (including phenoxy) is 1. The van der Waals surface area contributed by atoms with Gasteiger partial charge in [0.2, 0.25) is 0 Å². The minimum absolute atomic E-state index is 0.259. The highest BCUT2D eigenvalue weighted by Gasteiger charge is 2.09.